The van der Waals surface area contributed by atoms with Gasteiger partial charge >= 0.3 is 0 Å². The summed E-state index contributed by atoms with van der Waals surface area (Å²) >= 11 is 1.56. The summed E-state index contributed by atoms with van der Waals surface area (Å²) in [6.07, 6.45) is 1.54. The van der Waals surface area contributed by atoms with Gasteiger partial charge in [0.1, 0.15) is 17.0 Å². The van der Waals surface area contributed by atoms with Crippen molar-refractivity contribution in [1.82, 2.24) is 14.3 Å². The lowest BCUT2D eigenvalue weighted by molar-refractivity contribution is -0.385. The number of aromatic nitrogens is 2. The van der Waals surface area contributed by atoms with E-state index in [0.717, 1.165) is 33.2 Å². The van der Waals surface area contributed by atoms with Gasteiger partial charge in [-0.2, -0.15) is 4.31 Å². The van der Waals surface area contributed by atoms with Crippen LogP contribution in [0.2, 0.25) is 0 Å². The number of nitrogens with zero attached hydrogens (tertiary/aromatic N) is 5. The van der Waals surface area contributed by atoms with E-state index in [-0.39, 0.29) is 23.7 Å². The van der Waals surface area contributed by atoms with E-state index in [0.29, 0.717) is 13.1 Å². The molecule has 3 heterocycles. The zero-order chi connectivity index (χ0) is 23.9. The van der Waals surface area contributed by atoms with Gasteiger partial charge in [-0.15, -0.1) is 11.3 Å². The van der Waals surface area contributed by atoms with Crippen molar-refractivity contribution < 1.29 is 13.3 Å². The Morgan fingerprint density at radius 1 is 1.03 bits per heavy atom. The molecule has 2 aromatic carbocycles. The van der Waals surface area contributed by atoms with E-state index in [4.69, 9.17) is 0 Å². The van der Waals surface area contributed by atoms with Crippen molar-refractivity contribution in [1.29, 1.82) is 0 Å². The Balaban J connectivity index is 1.41. The molecule has 4 aromatic rings. The van der Waals surface area contributed by atoms with Crippen molar-refractivity contribution in [3.05, 3.63) is 75.9 Å². The first-order chi connectivity index (χ1) is 16.3. The third-order valence-electron chi connectivity index (χ3n) is 5.92. The normalized spacial score (nSPS) is 15.0. The first-order valence-corrected chi connectivity index (χ1v) is 13.0. The van der Waals surface area contributed by atoms with Crippen LogP contribution in [0.25, 0.3) is 21.3 Å². The number of fused-ring (bicyclic) bond motifs is 1. The molecule has 11 heteroatoms. The SMILES string of the molecule is Cc1ccc(-c2csc3ncnc(N4CCN(S(=O)(=O)c5cccc([N+](=O)[O-])c5)CC4)c23)cc1. The van der Waals surface area contributed by atoms with E-state index < -0.39 is 14.9 Å². The topological polar surface area (TPSA) is 110 Å². The average molecular weight is 496 g/mol. The van der Waals surface area contributed by atoms with Crippen LogP contribution >= 0.6 is 11.3 Å². The fourth-order valence-corrected chi connectivity index (χ4v) is 6.46. The van der Waals surface area contributed by atoms with Gasteiger partial charge in [0, 0.05) is 49.3 Å². The summed E-state index contributed by atoms with van der Waals surface area (Å²) in [5.41, 5.74) is 3.08. The number of hydrogen-bond donors (Lipinski definition) is 0. The molecule has 0 radical (unpaired) electrons. The van der Waals surface area contributed by atoms with Crippen LogP contribution in [0.1, 0.15) is 5.56 Å². The third-order valence-corrected chi connectivity index (χ3v) is 8.70. The molecule has 0 atom stereocenters. The Bertz CT molecular complexity index is 1480. The summed E-state index contributed by atoms with van der Waals surface area (Å²) in [5, 5.41) is 14.1. The molecule has 34 heavy (non-hydrogen) atoms. The van der Waals surface area contributed by atoms with Crippen molar-refractivity contribution >= 4 is 43.1 Å². The number of rotatable bonds is 5. The smallest absolute Gasteiger partial charge is 0.270 e. The Labute approximate surface area is 200 Å². The second kappa shape index (κ2) is 8.75. The maximum Gasteiger partial charge on any atom is 0.270 e. The summed E-state index contributed by atoms with van der Waals surface area (Å²) < 4.78 is 27.6. The molecule has 1 aliphatic heterocycles. The van der Waals surface area contributed by atoms with Crippen LogP contribution < -0.4 is 4.90 Å². The predicted octanol–water partition coefficient (Wildman–Crippen LogP) is 4.09. The maximum atomic E-state index is 13.1. The van der Waals surface area contributed by atoms with E-state index in [1.165, 1.54) is 28.1 Å². The number of hydrogen-bond acceptors (Lipinski definition) is 8. The fraction of sp³-hybridized carbons (Fsp3) is 0.217. The number of aryl methyl sites for hydroxylation is 1. The molecule has 1 aliphatic rings. The lowest BCUT2D eigenvalue weighted by Gasteiger charge is -2.35. The van der Waals surface area contributed by atoms with Crippen LogP contribution in [0, 0.1) is 17.0 Å². The molecule has 0 aliphatic carbocycles. The predicted molar refractivity (Wildman–Crippen MR) is 132 cm³/mol. The van der Waals surface area contributed by atoms with E-state index >= 15 is 0 Å². The number of anilines is 1. The number of thiophene rings is 1. The summed E-state index contributed by atoms with van der Waals surface area (Å²) in [4.78, 5) is 22.4. The molecule has 5 rings (SSSR count). The molecule has 0 amide bonds. The van der Waals surface area contributed by atoms with E-state index in [2.05, 4.69) is 44.5 Å². The monoisotopic (exact) mass is 495 g/mol. The highest BCUT2D eigenvalue weighted by molar-refractivity contribution is 7.89. The number of benzene rings is 2. The van der Waals surface area contributed by atoms with Crippen LogP contribution in [0.5, 0.6) is 0 Å². The Hall–Kier alpha value is -3.41. The number of nitro groups is 1. The van der Waals surface area contributed by atoms with Crippen molar-refractivity contribution in [3.63, 3.8) is 0 Å². The van der Waals surface area contributed by atoms with Crippen molar-refractivity contribution in [2.45, 2.75) is 11.8 Å². The van der Waals surface area contributed by atoms with Gasteiger partial charge in [0.2, 0.25) is 10.0 Å². The molecule has 174 valence electrons. The van der Waals surface area contributed by atoms with E-state index in [1.54, 1.807) is 17.7 Å². The number of piperazine rings is 1. The van der Waals surface area contributed by atoms with Gasteiger partial charge in [-0.3, -0.25) is 10.1 Å². The van der Waals surface area contributed by atoms with Gasteiger partial charge in [0.25, 0.3) is 5.69 Å². The number of nitro benzene ring substituents is 1. The Morgan fingerprint density at radius 2 is 1.76 bits per heavy atom. The molecule has 1 saturated heterocycles. The second-order valence-corrected chi connectivity index (χ2v) is 10.8. The average Bonchev–Trinajstić information content (AvgIpc) is 3.29. The van der Waals surface area contributed by atoms with E-state index in [1.807, 2.05) is 6.92 Å². The fourth-order valence-electron chi connectivity index (χ4n) is 4.09. The summed E-state index contributed by atoms with van der Waals surface area (Å²) in [5.74, 6) is 0.786. The van der Waals surface area contributed by atoms with E-state index in [9.17, 15) is 18.5 Å². The lowest BCUT2D eigenvalue weighted by atomic mass is 10.0. The summed E-state index contributed by atoms with van der Waals surface area (Å²) in [6, 6.07) is 13.5. The Morgan fingerprint density at radius 3 is 2.47 bits per heavy atom. The molecule has 0 saturated carbocycles. The minimum absolute atomic E-state index is 0.0703. The second-order valence-electron chi connectivity index (χ2n) is 8.04. The molecule has 9 nitrogen and oxygen atoms in total. The zero-order valence-electron chi connectivity index (χ0n) is 18.3. The van der Waals surface area contributed by atoms with Crippen LogP contribution in [0.4, 0.5) is 11.5 Å². The van der Waals surface area contributed by atoms with Gasteiger partial charge in [0.05, 0.1) is 15.2 Å². The number of sulfonamides is 1. The molecule has 0 spiro atoms. The molecule has 0 N–H and O–H groups in total. The molecule has 1 fully saturated rings. The molecule has 2 aromatic heterocycles. The van der Waals surface area contributed by atoms with Crippen LogP contribution in [-0.4, -0.2) is 53.8 Å². The van der Waals surface area contributed by atoms with Crippen LogP contribution in [-0.2, 0) is 10.0 Å². The standard InChI is InChI=1S/C23H21N5O4S2/c1-16-5-7-17(8-6-16)20-14-33-23-21(20)22(24-15-25-23)26-9-11-27(12-10-26)34(31,32)19-4-2-3-18(13-19)28(29)30/h2-8,13-15H,9-12H2,1H3. The van der Waals surface area contributed by atoms with Gasteiger partial charge in [-0.05, 0) is 18.6 Å². The van der Waals surface area contributed by atoms with Crippen molar-refractivity contribution in [2.24, 2.45) is 0 Å². The van der Waals surface area contributed by atoms with Gasteiger partial charge in [-0.1, -0.05) is 35.9 Å². The van der Waals surface area contributed by atoms with Crippen LogP contribution in [0.15, 0.2) is 65.1 Å². The molecule has 0 bridgehead atoms. The first-order valence-electron chi connectivity index (χ1n) is 10.6. The first kappa shape index (κ1) is 22.4. The summed E-state index contributed by atoms with van der Waals surface area (Å²) in [6.45, 7) is 3.44. The minimum Gasteiger partial charge on any atom is -0.353 e. The van der Waals surface area contributed by atoms with Crippen LogP contribution in [0.3, 0.4) is 0 Å². The highest BCUT2D eigenvalue weighted by Gasteiger charge is 2.31. The van der Waals surface area contributed by atoms with Gasteiger partial charge in [0.15, 0.2) is 0 Å². The lowest BCUT2D eigenvalue weighted by Crippen LogP contribution is -2.49. The zero-order valence-corrected chi connectivity index (χ0v) is 19.9. The Kier molecular flexibility index (Phi) is 5.76. The highest BCUT2D eigenvalue weighted by atomic mass is 32.2. The maximum absolute atomic E-state index is 13.1. The van der Waals surface area contributed by atoms with Crippen molar-refractivity contribution in [2.75, 3.05) is 31.1 Å². The summed E-state index contributed by atoms with van der Waals surface area (Å²) in [7, 11) is -3.84. The largest absolute Gasteiger partial charge is 0.353 e. The number of non-ortho nitro benzene ring substituents is 1. The van der Waals surface area contributed by atoms with Crippen molar-refractivity contribution in [3.8, 4) is 11.1 Å². The molecular weight excluding hydrogens is 474 g/mol. The quantitative estimate of drug-likeness (QED) is 0.303. The minimum atomic E-state index is -3.84. The molecule has 0 unspecified atom stereocenters. The van der Waals surface area contributed by atoms with Gasteiger partial charge in [-0.25, -0.2) is 18.4 Å². The highest BCUT2D eigenvalue weighted by Crippen LogP contribution is 2.38. The molecular formula is C23H21N5O4S2. The van der Waals surface area contributed by atoms with Gasteiger partial charge < -0.3 is 4.90 Å². The third kappa shape index (κ3) is 4.02.